The Morgan fingerprint density at radius 2 is 1.70 bits per heavy atom. The second-order valence-corrected chi connectivity index (χ2v) is 7.34. The zero-order valence-electron chi connectivity index (χ0n) is 16.3. The molecule has 0 bridgehead atoms. The lowest BCUT2D eigenvalue weighted by atomic mass is 10.1. The molecule has 0 spiro atoms. The molecular weight excluding hydrogens is 410 g/mol. The van der Waals surface area contributed by atoms with Crippen molar-refractivity contribution in [3.63, 3.8) is 0 Å². The number of hydrogen-bond acceptors (Lipinski definition) is 4. The summed E-state index contributed by atoms with van der Waals surface area (Å²) in [5.41, 5.74) is 1.62. The number of carbonyl (C=O) groups excluding carboxylic acids is 3. The zero-order valence-corrected chi connectivity index (χ0v) is 17.8. The Hall–Kier alpha value is -1.99. The van der Waals surface area contributed by atoms with Gasteiger partial charge in [0.15, 0.2) is 0 Å². The quantitative estimate of drug-likeness (QED) is 0.293. The number of benzene rings is 1. The van der Waals surface area contributed by atoms with Gasteiger partial charge in [-0.3, -0.25) is 19.3 Å². The Morgan fingerprint density at radius 3 is 2.15 bits per heavy atom. The molecule has 0 unspecified atom stereocenters. The van der Waals surface area contributed by atoms with Crippen LogP contribution in [-0.2, 0) is 4.79 Å². The van der Waals surface area contributed by atoms with Crippen molar-refractivity contribution in [1.29, 1.82) is 0 Å². The van der Waals surface area contributed by atoms with Gasteiger partial charge in [0, 0.05) is 24.0 Å². The Labute approximate surface area is 169 Å². The number of halogens is 1. The van der Waals surface area contributed by atoms with Gasteiger partial charge in [0.1, 0.15) is 0 Å². The second-order valence-electron chi connectivity index (χ2n) is 6.54. The van der Waals surface area contributed by atoms with Gasteiger partial charge in [-0.25, -0.2) is 0 Å². The summed E-state index contributed by atoms with van der Waals surface area (Å²) in [6.07, 6.45) is 1.76. The Kier molecular flexibility index (Phi) is 9.96. The molecule has 0 aromatic heterocycles. The van der Waals surface area contributed by atoms with E-state index in [2.05, 4.69) is 32.7 Å². The standard InChI is InChI=1S/C11H10BrNO2.C9H18N2O/c12-6-3-7-13-10(14)8-4-1-2-5-9(8)11(13)15;1-8(2)9(12)10-6-5-7-11(3)4/h1-2,4-5H,3,6-7H2;1,5-7H2,2-4H3,(H,10,12). The normalized spacial score (nSPS) is 12.6. The Balaban J connectivity index is 0.000000279. The van der Waals surface area contributed by atoms with Crippen molar-refractivity contribution in [2.45, 2.75) is 19.8 Å². The highest BCUT2D eigenvalue weighted by Gasteiger charge is 2.34. The third-order valence-electron chi connectivity index (χ3n) is 3.85. The van der Waals surface area contributed by atoms with Gasteiger partial charge in [0.25, 0.3) is 11.8 Å². The van der Waals surface area contributed by atoms with Crippen molar-refractivity contribution >= 4 is 33.7 Å². The minimum atomic E-state index is -0.170. The number of alkyl halides is 1. The van der Waals surface area contributed by atoms with Gasteiger partial charge in [-0.2, -0.15) is 0 Å². The average Bonchev–Trinajstić information content (AvgIpc) is 2.88. The predicted molar refractivity (Wildman–Crippen MR) is 111 cm³/mol. The van der Waals surface area contributed by atoms with Crippen LogP contribution in [-0.4, -0.2) is 66.6 Å². The van der Waals surface area contributed by atoms with E-state index in [4.69, 9.17) is 0 Å². The molecule has 0 fully saturated rings. The summed E-state index contributed by atoms with van der Waals surface area (Å²) in [7, 11) is 4.03. The van der Waals surface area contributed by atoms with Gasteiger partial charge >= 0.3 is 0 Å². The molecule has 0 saturated carbocycles. The molecule has 1 aromatic carbocycles. The summed E-state index contributed by atoms with van der Waals surface area (Å²) in [6.45, 7) is 7.46. The van der Waals surface area contributed by atoms with Crippen LogP contribution in [0.5, 0.6) is 0 Å². The van der Waals surface area contributed by atoms with Crippen molar-refractivity contribution < 1.29 is 14.4 Å². The number of nitrogens with one attached hydrogen (secondary N) is 1. The predicted octanol–water partition coefficient (Wildman–Crippen LogP) is 2.70. The molecule has 1 aliphatic heterocycles. The first-order valence-electron chi connectivity index (χ1n) is 8.89. The van der Waals surface area contributed by atoms with E-state index in [1.807, 2.05) is 14.1 Å². The van der Waals surface area contributed by atoms with Crippen LogP contribution in [0, 0.1) is 0 Å². The summed E-state index contributed by atoms with van der Waals surface area (Å²) in [5, 5.41) is 3.56. The number of imide groups is 1. The van der Waals surface area contributed by atoms with E-state index >= 15 is 0 Å². The van der Waals surface area contributed by atoms with Crippen molar-refractivity contribution in [1.82, 2.24) is 15.1 Å². The van der Waals surface area contributed by atoms with Gasteiger partial charge in [-0.05, 0) is 52.5 Å². The van der Waals surface area contributed by atoms with E-state index < -0.39 is 0 Å². The maximum Gasteiger partial charge on any atom is 0.261 e. The molecule has 1 aromatic rings. The van der Waals surface area contributed by atoms with Crippen molar-refractivity contribution in [3.8, 4) is 0 Å². The lowest BCUT2D eigenvalue weighted by Crippen LogP contribution is -2.30. The van der Waals surface area contributed by atoms with E-state index in [1.165, 1.54) is 4.90 Å². The third-order valence-corrected chi connectivity index (χ3v) is 4.41. The Morgan fingerprint density at radius 1 is 1.15 bits per heavy atom. The molecule has 2 rings (SSSR count). The molecule has 1 N–H and O–H groups in total. The first-order valence-corrected chi connectivity index (χ1v) is 10.0. The summed E-state index contributed by atoms with van der Waals surface area (Å²) < 4.78 is 0. The number of carbonyl (C=O) groups is 3. The number of rotatable bonds is 8. The summed E-state index contributed by atoms with van der Waals surface area (Å²) in [4.78, 5) is 38.0. The first-order chi connectivity index (χ1) is 12.8. The fourth-order valence-corrected chi connectivity index (χ4v) is 2.66. The highest BCUT2D eigenvalue weighted by molar-refractivity contribution is 9.09. The van der Waals surface area contributed by atoms with Crippen molar-refractivity contribution in [2.24, 2.45) is 0 Å². The van der Waals surface area contributed by atoms with Gasteiger partial charge in [-0.15, -0.1) is 0 Å². The maximum absolute atomic E-state index is 11.8. The molecule has 0 saturated heterocycles. The number of hydrogen-bond donors (Lipinski definition) is 1. The van der Waals surface area contributed by atoms with E-state index in [0.29, 0.717) is 23.2 Å². The summed E-state index contributed by atoms with van der Waals surface area (Å²) >= 11 is 3.28. The lowest BCUT2D eigenvalue weighted by molar-refractivity contribution is -0.117. The van der Waals surface area contributed by atoms with Gasteiger partial charge in [0.05, 0.1) is 11.1 Å². The molecule has 1 aliphatic rings. The van der Waals surface area contributed by atoms with E-state index in [9.17, 15) is 14.4 Å². The number of nitrogens with zero attached hydrogens (tertiary/aromatic N) is 2. The minimum absolute atomic E-state index is 0.0474. The first kappa shape index (κ1) is 23.0. The topological polar surface area (TPSA) is 69.7 Å². The molecule has 0 aliphatic carbocycles. The van der Waals surface area contributed by atoms with E-state index in [-0.39, 0.29) is 17.7 Å². The second kappa shape index (κ2) is 11.7. The largest absolute Gasteiger partial charge is 0.352 e. The average molecular weight is 438 g/mol. The van der Waals surface area contributed by atoms with Crippen LogP contribution in [0.4, 0.5) is 0 Å². The van der Waals surface area contributed by atoms with Crippen LogP contribution in [0.1, 0.15) is 40.5 Å². The highest BCUT2D eigenvalue weighted by atomic mass is 79.9. The maximum atomic E-state index is 11.8. The minimum Gasteiger partial charge on any atom is -0.352 e. The molecule has 0 radical (unpaired) electrons. The third kappa shape index (κ3) is 7.27. The lowest BCUT2D eigenvalue weighted by Gasteiger charge is -2.11. The molecule has 27 heavy (non-hydrogen) atoms. The smallest absolute Gasteiger partial charge is 0.261 e. The van der Waals surface area contributed by atoms with Crippen LogP contribution in [0.25, 0.3) is 0 Å². The summed E-state index contributed by atoms with van der Waals surface area (Å²) in [6, 6.07) is 6.95. The zero-order chi connectivity index (χ0) is 20.4. The van der Waals surface area contributed by atoms with Crippen molar-refractivity contribution in [3.05, 3.63) is 47.5 Å². The van der Waals surface area contributed by atoms with Crippen molar-refractivity contribution in [2.75, 3.05) is 39.1 Å². The van der Waals surface area contributed by atoms with Crippen LogP contribution in [0.15, 0.2) is 36.4 Å². The van der Waals surface area contributed by atoms with Crippen LogP contribution in [0.2, 0.25) is 0 Å². The van der Waals surface area contributed by atoms with E-state index in [0.717, 1.165) is 31.3 Å². The van der Waals surface area contributed by atoms with Crippen LogP contribution < -0.4 is 5.32 Å². The highest BCUT2D eigenvalue weighted by Crippen LogP contribution is 2.22. The molecule has 148 valence electrons. The molecular formula is C20H28BrN3O3. The fraction of sp³-hybridized carbons (Fsp3) is 0.450. The molecule has 1 heterocycles. The number of fused-ring (bicyclic) bond motifs is 1. The van der Waals surface area contributed by atoms with Crippen LogP contribution in [0.3, 0.4) is 0 Å². The fourth-order valence-electron chi connectivity index (χ4n) is 2.41. The van der Waals surface area contributed by atoms with Crippen LogP contribution >= 0.6 is 15.9 Å². The molecule has 6 nitrogen and oxygen atoms in total. The number of amides is 3. The van der Waals surface area contributed by atoms with Gasteiger partial charge in [-0.1, -0.05) is 34.6 Å². The monoisotopic (exact) mass is 437 g/mol. The van der Waals surface area contributed by atoms with E-state index in [1.54, 1.807) is 31.2 Å². The van der Waals surface area contributed by atoms with Gasteiger partial charge < -0.3 is 10.2 Å². The molecule has 7 heteroatoms. The Bertz CT molecular complexity index is 654. The summed E-state index contributed by atoms with van der Waals surface area (Å²) in [5.74, 6) is -0.387. The molecule has 0 atom stereocenters. The molecule has 3 amide bonds. The SMILES string of the molecule is C=C(C)C(=O)NCCCN(C)C.O=C1c2ccccc2C(=O)N1CCCBr. The van der Waals surface area contributed by atoms with Gasteiger partial charge in [0.2, 0.25) is 5.91 Å².